The molecule has 0 saturated carbocycles. The molecular weight excluding hydrogens is 148 g/mol. The predicted octanol–water partition coefficient (Wildman–Crippen LogP) is 0.936. The zero-order valence-electron chi connectivity index (χ0n) is 8.21. The van der Waals surface area contributed by atoms with Crippen molar-refractivity contribution in [3.63, 3.8) is 0 Å². The van der Waals surface area contributed by atoms with E-state index in [9.17, 15) is 0 Å². The molecule has 2 rings (SSSR count). The van der Waals surface area contributed by atoms with Gasteiger partial charge in [0.15, 0.2) is 0 Å². The van der Waals surface area contributed by atoms with E-state index in [-0.39, 0.29) is 0 Å². The van der Waals surface area contributed by atoms with Crippen molar-refractivity contribution in [2.75, 3.05) is 26.2 Å². The average Bonchev–Trinajstić information content (AvgIpc) is 2.12. The molecule has 0 aromatic rings. The van der Waals surface area contributed by atoms with Crippen LogP contribution >= 0.6 is 0 Å². The molecule has 2 fully saturated rings. The Balaban J connectivity index is 2.03. The highest BCUT2D eigenvalue weighted by molar-refractivity contribution is 4.90. The molecule has 2 nitrogen and oxygen atoms in total. The van der Waals surface area contributed by atoms with Crippen molar-refractivity contribution in [1.82, 2.24) is 10.2 Å². The molecule has 2 saturated heterocycles. The third kappa shape index (κ3) is 1.38. The first-order chi connectivity index (χ1) is 5.81. The smallest absolute Gasteiger partial charge is 0.0107 e. The molecule has 0 aliphatic carbocycles. The number of fused-ring (bicyclic) bond motifs is 2. The van der Waals surface area contributed by atoms with Gasteiger partial charge in [-0.2, -0.15) is 0 Å². The van der Waals surface area contributed by atoms with Gasteiger partial charge in [0, 0.05) is 12.6 Å². The quantitative estimate of drug-likeness (QED) is 0.627. The summed E-state index contributed by atoms with van der Waals surface area (Å²) in [5.74, 6) is 1.84. The summed E-state index contributed by atoms with van der Waals surface area (Å²) < 4.78 is 0. The van der Waals surface area contributed by atoms with Crippen LogP contribution in [0, 0.1) is 11.8 Å². The van der Waals surface area contributed by atoms with Gasteiger partial charge in [0.1, 0.15) is 0 Å². The van der Waals surface area contributed by atoms with Crippen LogP contribution in [0.5, 0.6) is 0 Å². The fourth-order valence-electron chi connectivity index (χ4n) is 2.79. The summed E-state index contributed by atoms with van der Waals surface area (Å²) >= 11 is 0. The van der Waals surface area contributed by atoms with Crippen molar-refractivity contribution in [2.45, 2.75) is 26.3 Å². The second-order valence-corrected chi connectivity index (χ2v) is 4.35. The van der Waals surface area contributed by atoms with Crippen molar-refractivity contribution >= 4 is 0 Å². The summed E-state index contributed by atoms with van der Waals surface area (Å²) in [6.45, 7) is 9.71. The number of hydrogen-bond donors (Lipinski definition) is 1. The van der Waals surface area contributed by atoms with Crippen molar-refractivity contribution in [3.8, 4) is 0 Å². The number of nitrogens with one attached hydrogen (secondary N) is 1. The zero-order valence-corrected chi connectivity index (χ0v) is 8.21. The summed E-state index contributed by atoms with van der Waals surface area (Å²) in [5.41, 5.74) is 0. The third-order valence-electron chi connectivity index (χ3n) is 3.63. The first-order valence-corrected chi connectivity index (χ1v) is 5.26. The Kier molecular flexibility index (Phi) is 2.37. The van der Waals surface area contributed by atoms with Crippen LogP contribution in [0.1, 0.15) is 20.3 Å². The first kappa shape index (κ1) is 8.52. The van der Waals surface area contributed by atoms with Crippen LogP contribution in [0.4, 0.5) is 0 Å². The molecule has 0 radical (unpaired) electrons. The lowest BCUT2D eigenvalue weighted by molar-refractivity contribution is 0.0483. The standard InChI is InChI=1S/C10H20N2/c1-3-12-7-9-4-10(8(12)2)6-11-5-9/h8-11H,3-7H2,1-2H3/t8-,9-,10+/m0/s1. The maximum absolute atomic E-state index is 3.54. The third-order valence-corrected chi connectivity index (χ3v) is 3.63. The van der Waals surface area contributed by atoms with Crippen LogP contribution in [0.15, 0.2) is 0 Å². The van der Waals surface area contributed by atoms with Crippen LogP contribution in [0.3, 0.4) is 0 Å². The fraction of sp³-hybridized carbons (Fsp3) is 1.00. The van der Waals surface area contributed by atoms with Gasteiger partial charge < -0.3 is 10.2 Å². The number of piperidine rings is 2. The van der Waals surface area contributed by atoms with E-state index < -0.39 is 0 Å². The highest BCUT2D eigenvalue weighted by Crippen LogP contribution is 2.29. The Labute approximate surface area is 75.3 Å². The van der Waals surface area contributed by atoms with Gasteiger partial charge in [-0.25, -0.2) is 0 Å². The van der Waals surface area contributed by atoms with E-state index in [0.29, 0.717) is 0 Å². The Bertz CT molecular complexity index is 156. The minimum atomic E-state index is 0.805. The Morgan fingerprint density at radius 1 is 1.42 bits per heavy atom. The predicted molar refractivity (Wildman–Crippen MR) is 51.2 cm³/mol. The second-order valence-electron chi connectivity index (χ2n) is 4.35. The molecule has 0 aromatic heterocycles. The molecule has 3 atom stereocenters. The largest absolute Gasteiger partial charge is 0.316 e. The van der Waals surface area contributed by atoms with Crippen molar-refractivity contribution in [3.05, 3.63) is 0 Å². The molecule has 2 bridgehead atoms. The molecule has 2 aliphatic rings. The lowest BCUT2D eigenvalue weighted by atomic mass is 9.81. The van der Waals surface area contributed by atoms with E-state index in [1.807, 2.05) is 0 Å². The van der Waals surface area contributed by atoms with Gasteiger partial charge in [-0.3, -0.25) is 0 Å². The lowest BCUT2D eigenvalue weighted by Crippen LogP contribution is -2.55. The molecule has 12 heavy (non-hydrogen) atoms. The summed E-state index contributed by atoms with van der Waals surface area (Å²) in [6, 6.07) is 0.805. The highest BCUT2D eigenvalue weighted by atomic mass is 15.2. The summed E-state index contributed by atoms with van der Waals surface area (Å²) in [6.07, 6.45) is 1.46. The van der Waals surface area contributed by atoms with Crippen LogP contribution in [0.2, 0.25) is 0 Å². The highest BCUT2D eigenvalue weighted by Gasteiger charge is 2.34. The second kappa shape index (κ2) is 3.35. The van der Waals surface area contributed by atoms with Crippen LogP contribution in [-0.2, 0) is 0 Å². The topological polar surface area (TPSA) is 15.3 Å². The number of rotatable bonds is 1. The van der Waals surface area contributed by atoms with Crippen LogP contribution in [-0.4, -0.2) is 37.1 Å². The summed E-state index contributed by atoms with van der Waals surface area (Å²) in [5, 5.41) is 3.54. The SMILES string of the molecule is CCN1C[C@@H]2CNC[C@@H](C2)[C@@H]1C. The molecule has 70 valence electrons. The maximum atomic E-state index is 3.54. The van der Waals surface area contributed by atoms with E-state index in [4.69, 9.17) is 0 Å². The van der Waals surface area contributed by atoms with E-state index in [2.05, 4.69) is 24.1 Å². The molecule has 0 amide bonds. The molecule has 1 N–H and O–H groups in total. The molecule has 0 aromatic carbocycles. The molecule has 0 unspecified atom stereocenters. The van der Waals surface area contributed by atoms with E-state index in [0.717, 1.165) is 17.9 Å². The van der Waals surface area contributed by atoms with Crippen molar-refractivity contribution < 1.29 is 0 Å². The Morgan fingerprint density at radius 3 is 3.00 bits per heavy atom. The van der Waals surface area contributed by atoms with Gasteiger partial charge in [-0.15, -0.1) is 0 Å². The summed E-state index contributed by atoms with van der Waals surface area (Å²) in [4.78, 5) is 2.64. The Hall–Kier alpha value is -0.0800. The Morgan fingerprint density at radius 2 is 2.25 bits per heavy atom. The molecule has 2 heterocycles. The first-order valence-electron chi connectivity index (χ1n) is 5.26. The van der Waals surface area contributed by atoms with Gasteiger partial charge in [0.05, 0.1) is 0 Å². The van der Waals surface area contributed by atoms with Crippen LogP contribution in [0.25, 0.3) is 0 Å². The zero-order chi connectivity index (χ0) is 8.55. The van der Waals surface area contributed by atoms with E-state index in [1.165, 1.54) is 32.6 Å². The van der Waals surface area contributed by atoms with Gasteiger partial charge in [0.2, 0.25) is 0 Å². The molecule has 2 heteroatoms. The number of hydrogen-bond acceptors (Lipinski definition) is 2. The normalized spacial score (nSPS) is 43.0. The van der Waals surface area contributed by atoms with Crippen molar-refractivity contribution in [1.29, 1.82) is 0 Å². The van der Waals surface area contributed by atoms with E-state index >= 15 is 0 Å². The fourth-order valence-corrected chi connectivity index (χ4v) is 2.79. The maximum Gasteiger partial charge on any atom is 0.0107 e. The number of likely N-dealkylation sites (tertiary alicyclic amines) is 1. The van der Waals surface area contributed by atoms with Gasteiger partial charge >= 0.3 is 0 Å². The minimum Gasteiger partial charge on any atom is -0.316 e. The van der Waals surface area contributed by atoms with Gasteiger partial charge in [-0.1, -0.05) is 6.92 Å². The van der Waals surface area contributed by atoms with Crippen molar-refractivity contribution in [2.24, 2.45) is 11.8 Å². The van der Waals surface area contributed by atoms with Crippen LogP contribution < -0.4 is 5.32 Å². The summed E-state index contributed by atoms with van der Waals surface area (Å²) in [7, 11) is 0. The van der Waals surface area contributed by atoms with Gasteiger partial charge in [-0.05, 0) is 44.8 Å². The van der Waals surface area contributed by atoms with Gasteiger partial charge in [0.25, 0.3) is 0 Å². The van der Waals surface area contributed by atoms with E-state index in [1.54, 1.807) is 0 Å². The molecule has 2 aliphatic heterocycles. The minimum absolute atomic E-state index is 0.805. The number of nitrogens with zero attached hydrogens (tertiary/aromatic N) is 1. The molecule has 0 spiro atoms. The monoisotopic (exact) mass is 168 g/mol. The molecular formula is C10H20N2. The average molecular weight is 168 g/mol. The lowest BCUT2D eigenvalue weighted by Gasteiger charge is -2.46.